The SMILES string of the molecule is O=C(Cc1ccccn1)C1(c2ccccc2)CCNCC1. The zero-order valence-corrected chi connectivity index (χ0v) is 12.1. The third-order valence-corrected chi connectivity index (χ3v) is 4.39. The minimum atomic E-state index is -0.357. The molecule has 2 heterocycles. The van der Waals surface area contributed by atoms with Gasteiger partial charge in [0.2, 0.25) is 0 Å². The van der Waals surface area contributed by atoms with Crippen LogP contribution in [0, 0.1) is 0 Å². The number of Topliss-reactive ketones (excluding diaryl/α,β-unsaturated/α-hetero) is 1. The summed E-state index contributed by atoms with van der Waals surface area (Å²) in [6.45, 7) is 1.78. The van der Waals surface area contributed by atoms with Gasteiger partial charge in [0, 0.05) is 18.3 Å². The van der Waals surface area contributed by atoms with Crippen LogP contribution in [0.5, 0.6) is 0 Å². The van der Waals surface area contributed by atoms with E-state index in [-0.39, 0.29) is 11.2 Å². The molecule has 0 radical (unpaired) electrons. The molecule has 0 bridgehead atoms. The highest BCUT2D eigenvalue weighted by Gasteiger charge is 2.40. The van der Waals surface area contributed by atoms with E-state index in [1.165, 1.54) is 0 Å². The molecule has 1 aliphatic rings. The molecule has 2 aromatic rings. The van der Waals surface area contributed by atoms with Crippen molar-refractivity contribution in [1.82, 2.24) is 10.3 Å². The van der Waals surface area contributed by atoms with Crippen LogP contribution in [0.25, 0.3) is 0 Å². The molecule has 3 rings (SSSR count). The van der Waals surface area contributed by atoms with Gasteiger partial charge in [-0.2, -0.15) is 0 Å². The zero-order chi connectivity index (χ0) is 14.5. The minimum absolute atomic E-state index is 0.286. The molecule has 1 fully saturated rings. The number of aromatic nitrogens is 1. The molecular weight excluding hydrogens is 260 g/mol. The molecule has 21 heavy (non-hydrogen) atoms. The van der Waals surface area contributed by atoms with Crippen molar-refractivity contribution in [1.29, 1.82) is 0 Å². The highest BCUT2D eigenvalue weighted by atomic mass is 16.1. The number of benzene rings is 1. The predicted octanol–water partition coefficient (Wildman–Crippen LogP) is 2.51. The number of hydrogen-bond acceptors (Lipinski definition) is 3. The standard InChI is InChI=1S/C18H20N2O/c21-17(14-16-8-4-5-11-20-16)18(9-12-19-13-10-18)15-6-2-1-3-7-15/h1-8,11,19H,9-10,12-14H2. The molecule has 0 atom stereocenters. The summed E-state index contributed by atoms with van der Waals surface area (Å²) >= 11 is 0. The molecule has 0 saturated carbocycles. The molecule has 0 amide bonds. The first kappa shape index (κ1) is 14.0. The summed E-state index contributed by atoms with van der Waals surface area (Å²) < 4.78 is 0. The van der Waals surface area contributed by atoms with E-state index in [4.69, 9.17) is 0 Å². The van der Waals surface area contributed by atoms with E-state index >= 15 is 0 Å². The average molecular weight is 280 g/mol. The van der Waals surface area contributed by atoms with Crippen LogP contribution in [0.1, 0.15) is 24.1 Å². The Morgan fingerprint density at radius 3 is 2.43 bits per heavy atom. The van der Waals surface area contributed by atoms with Gasteiger partial charge in [-0.3, -0.25) is 9.78 Å². The molecule has 1 aliphatic heterocycles. The van der Waals surface area contributed by atoms with E-state index in [0.29, 0.717) is 6.42 Å². The fourth-order valence-corrected chi connectivity index (χ4v) is 3.18. The van der Waals surface area contributed by atoms with Gasteiger partial charge in [0.25, 0.3) is 0 Å². The van der Waals surface area contributed by atoms with Crippen molar-refractivity contribution in [2.24, 2.45) is 0 Å². The second-order valence-corrected chi connectivity index (χ2v) is 5.62. The number of nitrogens with zero attached hydrogens (tertiary/aromatic N) is 1. The monoisotopic (exact) mass is 280 g/mol. The van der Waals surface area contributed by atoms with Crippen molar-refractivity contribution in [3.8, 4) is 0 Å². The molecule has 108 valence electrons. The highest BCUT2D eigenvalue weighted by molar-refractivity contribution is 5.91. The lowest BCUT2D eigenvalue weighted by Crippen LogP contribution is -2.46. The van der Waals surface area contributed by atoms with Crippen LogP contribution in [0.15, 0.2) is 54.7 Å². The maximum atomic E-state index is 13.0. The van der Waals surface area contributed by atoms with Gasteiger partial charge in [-0.25, -0.2) is 0 Å². The summed E-state index contributed by atoms with van der Waals surface area (Å²) in [7, 11) is 0. The summed E-state index contributed by atoms with van der Waals surface area (Å²) in [4.78, 5) is 17.3. The number of carbonyl (C=O) groups excluding carboxylic acids is 1. The highest BCUT2D eigenvalue weighted by Crippen LogP contribution is 2.35. The molecule has 0 spiro atoms. The number of piperidine rings is 1. The molecule has 3 nitrogen and oxygen atoms in total. The zero-order valence-electron chi connectivity index (χ0n) is 12.1. The fourth-order valence-electron chi connectivity index (χ4n) is 3.18. The van der Waals surface area contributed by atoms with E-state index in [2.05, 4.69) is 22.4 Å². The minimum Gasteiger partial charge on any atom is -0.317 e. The van der Waals surface area contributed by atoms with Crippen molar-refractivity contribution < 1.29 is 4.79 Å². The van der Waals surface area contributed by atoms with Crippen molar-refractivity contribution in [3.05, 3.63) is 66.0 Å². The maximum absolute atomic E-state index is 13.0. The normalized spacial score (nSPS) is 17.3. The predicted molar refractivity (Wildman–Crippen MR) is 83.2 cm³/mol. The summed E-state index contributed by atoms with van der Waals surface area (Å²) in [5, 5.41) is 3.36. The smallest absolute Gasteiger partial charge is 0.149 e. The fraction of sp³-hybridized carbons (Fsp3) is 0.333. The molecule has 1 aromatic heterocycles. The van der Waals surface area contributed by atoms with Gasteiger partial charge in [-0.15, -0.1) is 0 Å². The Kier molecular flexibility index (Phi) is 4.11. The number of pyridine rings is 1. The molecule has 0 aliphatic carbocycles. The first-order chi connectivity index (χ1) is 10.3. The van der Waals surface area contributed by atoms with Crippen LogP contribution in [0.2, 0.25) is 0 Å². The third kappa shape index (κ3) is 2.88. The Morgan fingerprint density at radius 2 is 1.76 bits per heavy atom. The van der Waals surface area contributed by atoms with Crippen molar-refractivity contribution in [2.75, 3.05) is 13.1 Å². The van der Waals surface area contributed by atoms with E-state index in [0.717, 1.165) is 37.2 Å². The Hall–Kier alpha value is -2.00. The Labute approximate surface area is 125 Å². The molecule has 0 unspecified atom stereocenters. The van der Waals surface area contributed by atoms with Crippen LogP contribution in [-0.2, 0) is 16.6 Å². The quantitative estimate of drug-likeness (QED) is 0.935. The second-order valence-electron chi connectivity index (χ2n) is 5.62. The summed E-state index contributed by atoms with van der Waals surface area (Å²) in [5.41, 5.74) is 1.65. The first-order valence-corrected chi connectivity index (χ1v) is 7.51. The van der Waals surface area contributed by atoms with Crippen LogP contribution >= 0.6 is 0 Å². The number of ketones is 1. The number of rotatable bonds is 4. The molecule has 1 aromatic carbocycles. The maximum Gasteiger partial charge on any atom is 0.149 e. The lowest BCUT2D eigenvalue weighted by Gasteiger charge is -2.37. The van der Waals surface area contributed by atoms with Gasteiger partial charge in [0.1, 0.15) is 5.78 Å². The summed E-state index contributed by atoms with van der Waals surface area (Å²) in [6, 6.07) is 16.0. The summed E-state index contributed by atoms with van der Waals surface area (Å²) in [6.07, 6.45) is 3.89. The number of carbonyl (C=O) groups is 1. The Bertz CT molecular complexity index is 589. The lowest BCUT2D eigenvalue weighted by atomic mass is 9.69. The molecule has 1 saturated heterocycles. The van der Waals surface area contributed by atoms with Crippen LogP contribution in [0.4, 0.5) is 0 Å². The van der Waals surface area contributed by atoms with Crippen LogP contribution in [-0.4, -0.2) is 23.9 Å². The van der Waals surface area contributed by atoms with Crippen molar-refractivity contribution in [3.63, 3.8) is 0 Å². The van der Waals surface area contributed by atoms with Crippen LogP contribution in [0.3, 0.4) is 0 Å². The Balaban J connectivity index is 1.90. The van der Waals surface area contributed by atoms with Gasteiger partial charge in [0.05, 0.1) is 5.41 Å². The van der Waals surface area contributed by atoms with Crippen molar-refractivity contribution in [2.45, 2.75) is 24.7 Å². The van der Waals surface area contributed by atoms with Gasteiger partial charge in [0.15, 0.2) is 0 Å². The van der Waals surface area contributed by atoms with Crippen molar-refractivity contribution >= 4 is 5.78 Å². The topological polar surface area (TPSA) is 42.0 Å². The van der Waals surface area contributed by atoms with Gasteiger partial charge >= 0.3 is 0 Å². The summed E-state index contributed by atoms with van der Waals surface area (Å²) in [5.74, 6) is 0.286. The number of hydrogen-bond donors (Lipinski definition) is 1. The molecular formula is C18H20N2O. The largest absolute Gasteiger partial charge is 0.317 e. The Morgan fingerprint density at radius 1 is 1.05 bits per heavy atom. The molecule has 3 heteroatoms. The van der Waals surface area contributed by atoms with Gasteiger partial charge < -0.3 is 5.32 Å². The first-order valence-electron chi connectivity index (χ1n) is 7.51. The third-order valence-electron chi connectivity index (χ3n) is 4.39. The number of nitrogens with one attached hydrogen (secondary N) is 1. The average Bonchev–Trinajstić information content (AvgIpc) is 2.57. The van der Waals surface area contributed by atoms with E-state index in [1.807, 2.05) is 36.4 Å². The van der Waals surface area contributed by atoms with E-state index in [1.54, 1.807) is 6.20 Å². The lowest BCUT2D eigenvalue weighted by molar-refractivity contribution is -0.125. The molecule has 1 N–H and O–H groups in total. The second kappa shape index (κ2) is 6.19. The van der Waals surface area contributed by atoms with E-state index < -0.39 is 0 Å². The van der Waals surface area contributed by atoms with Gasteiger partial charge in [-0.05, 0) is 43.6 Å². The van der Waals surface area contributed by atoms with E-state index in [9.17, 15) is 4.79 Å². The van der Waals surface area contributed by atoms with Gasteiger partial charge in [-0.1, -0.05) is 36.4 Å². The van der Waals surface area contributed by atoms with Crippen LogP contribution < -0.4 is 5.32 Å².